The number of carbonyl (C=O) groups is 2. The Kier molecular flexibility index (Phi) is 5.91. The van der Waals surface area contributed by atoms with Gasteiger partial charge in [0.15, 0.2) is 0 Å². The highest BCUT2D eigenvalue weighted by molar-refractivity contribution is 5.89. The van der Waals surface area contributed by atoms with Crippen LogP contribution < -0.4 is 14.9 Å². The van der Waals surface area contributed by atoms with Gasteiger partial charge < -0.3 is 19.0 Å². The number of aromatic hydroxyl groups is 1. The molecular weight excluding hydrogens is 388 g/mol. The SMILES string of the molecule is CC(C)C(=O)Oc1ccc(-c2coc3cc(OC(=O)C(C)C)cc(O)c3c2=O)cc1. The summed E-state index contributed by atoms with van der Waals surface area (Å²) < 4.78 is 15.9. The van der Waals surface area contributed by atoms with E-state index in [0.29, 0.717) is 11.3 Å². The Labute approximate surface area is 172 Å². The molecule has 156 valence electrons. The van der Waals surface area contributed by atoms with Gasteiger partial charge in [-0.2, -0.15) is 0 Å². The standard InChI is InChI=1S/C23H22O7/c1-12(2)22(26)29-15-7-5-14(6-8-15)17-11-28-19-10-16(30-23(27)13(3)4)9-18(24)20(19)21(17)25/h5-13,24H,1-4H3. The van der Waals surface area contributed by atoms with E-state index in [1.165, 1.54) is 18.4 Å². The first kappa shape index (κ1) is 21.1. The Balaban J connectivity index is 1.95. The lowest BCUT2D eigenvalue weighted by molar-refractivity contribution is -0.138. The van der Waals surface area contributed by atoms with Gasteiger partial charge in [-0.3, -0.25) is 14.4 Å². The number of carbonyl (C=O) groups excluding carboxylic acids is 2. The average molecular weight is 410 g/mol. The van der Waals surface area contributed by atoms with Crippen molar-refractivity contribution in [3.05, 3.63) is 52.9 Å². The van der Waals surface area contributed by atoms with Gasteiger partial charge in [0, 0.05) is 12.1 Å². The van der Waals surface area contributed by atoms with Crippen LogP contribution >= 0.6 is 0 Å². The lowest BCUT2D eigenvalue weighted by atomic mass is 10.0. The molecule has 0 aliphatic rings. The zero-order valence-corrected chi connectivity index (χ0v) is 17.1. The van der Waals surface area contributed by atoms with Crippen LogP contribution in [0.5, 0.6) is 17.2 Å². The van der Waals surface area contributed by atoms with E-state index in [0.717, 1.165) is 0 Å². The van der Waals surface area contributed by atoms with Crippen LogP contribution in [0.25, 0.3) is 22.1 Å². The molecule has 0 aliphatic carbocycles. The minimum atomic E-state index is -0.467. The number of esters is 2. The molecular formula is C23H22O7. The van der Waals surface area contributed by atoms with Crippen molar-refractivity contribution in [1.82, 2.24) is 0 Å². The lowest BCUT2D eigenvalue weighted by Gasteiger charge is -2.10. The minimum absolute atomic E-state index is 0.0211. The van der Waals surface area contributed by atoms with Crippen molar-refractivity contribution >= 4 is 22.9 Å². The summed E-state index contributed by atoms with van der Waals surface area (Å²) in [5.41, 5.74) is 0.413. The molecule has 0 bridgehead atoms. The van der Waals surface area contributed by atoms with E-state index in [1.807, 2.05) is 0 Å². The third-order valence-electron chi connectivity index (χ3n) is 4.38. The molecule has 7 heteroatoms. The fourth-order valence-corrected chi connectivity index (χ4v) is 2.64. The second-order valence-corrected chi connectivity index (χ2v) is 7.47. The van der Waals surface area contributed by atoms with Gasteiger partial charge in [0.25, 0.3) is 0 Å². The molecule has 3 aromatic rings. The summed E-state index contributed by atoms with van der Waals surface area (Å²) >= 11 is 0. The van der Waals surface area contributed by atoms with Gasteiger partial charge in [0.05, 0.1) is 17.4 Å². The maximum absolute atomic E-state index is 12.9. The van der Waals surface area contributed by atoms with Gasteiger partial charge in [-0.15, -0.1) is 0 Å². The van der Waals surface area contributed by atoms with E-state index in [4.69, 9.17) is 13.9 Å². The first-order valence-electron chi connectivity index (χ1n) is 9.49. The van der Waals surface area contributed by atoms with E-state index < -0.39 is 11.4 Å². The van der Waals surface area contributed by atoms with Crippen molar-refractivity contribution < 1.29 is 28.6 Å². The van der Waals surface area contributed by atoms with Crippen molar-refractivity contribution in [3.8, 4) is 28.4 Å². The largest absolute Gasteiger partial charge is 0.507 e. The average Bonchev–Trinajstić information content (AvgIpc) is 2.68. The molecule has 7 nitrogen and oxygen atoms in total. The smallest absolute Gasteiger partial charge is 0.313 e. The summed E-state index contributed by atoms with van der Waals surface area (Å²) in [6, 6.07) is 8.99. The molecule has 1 N–H and O–H groups in total. The summed E-state index contributed by atoms with van der Waals surface area (Å²) in [5, 5.41) is 10.3. The highest BCUT2D eigenvalue weighted by atomic mass is 16.5. The van der Waals surface area contributed by atoms with Crippen LogP contribution in [0.2, 0.25) is 0 Å². The first-order chi connectivity index (χ1) is 14.2. The second kappa shape index (κ2) is 8.41. The third kappa shape index (κ3) is 4.35. The Morgan fingerprint density at radius 3 is 2.03 bits per heavy atom. The molecule has 1 heterocycles. The Hall–Kier alpha value is -3.61. The van der Waals surface area contributed by atoms with Gasteiger partial charge >= 0.3 is 11.9 Å². The summed E-state index contributed by atoms with van der Waals surface area (Å²) in [5.74, 6) is -1.33. The number of hydrogen-bond donors (Lipinski definition) is 1. The molecule has 0 atom stereocenters. The molecule has 1 aromatic heterocycles. The van der Waals surface area contributed by atoms with Crippen LogP contribution in [-0.2, 0) is 9.59 Å². The van der Waals surface area contributed by atoms with Crippen LogP contribution in [0.4, 0.5) is 0 Å². The molecule has 0 radical (unpaired) electrons. The predicted molar refractivity (Wildman–Crippen MR) is 111 cm³/mol. The maximum atomic E-state index is 12.9. The number of phenols is 1. The van der Waals surface area contributed by atoms with Gasteiger partial charge in [-0.25, -0.2) is 0 Å². The highest BCUT2D eigenvalue weighted by Crippen LogP contribution is 2.31. The predicted octanol–water partition coefficient (Wildman–Crippen LogP) is 4.29. The monoisotopic (exact) mass is 410 g/mol. The molecule has 30 heavy (non-hydrogen) atoms. The second-order valence-electron chi connectivity index (χ2n) is 7.47. The molecule has 0 amide bonds. The van der Waals surface area contributed by atoms with E-state index in [-0.39, 0.29) is 45.8 Å². The maximum Gasteiger partial charge on any atom is 0.313 e. The van der Waals surface area contributed by atoms with Crippen LogP contribution in [0.3, 0.4) is 0 Å². The topological polar surface area (TPSA) is 103 Å². The van der Waals surface area contributed by atoms with Gasteiger partial charge in [-0.1, -0.05) is 39.8 Å². The summed E-state index contributed by atoms with van der Waals surface area (Å²) in [7, 11) is 0. The normalized spacial score (nSPS) is 11.1. The molecule has 0 spiro atoms. The van der Waals surface area contributed by atoms with Crippen LogP contribution in [-0.4, -0.2) is 17.0 Å². The van der Waals surface area contributed by atoms with Crippen molar-refractivity contribution in [2.45, 2.75) is 27.7 Å². The number of hydrogen-bond acceptors (Lipinski definition) is 7. The third-order valence-corrected chi connectivity index (χ3v) is 4.38. The number of fused-ring (bicyclic) bond motifs is 1. The van der Waals surface area contributed by atoms with Gasteiger partial charge in [-0.05, 0) is 17.7 Å². The lowest BCUT2D eigenvalue weighted by Crippen LogP contribution is -2.15. The van der Waals surface area contributed by atoms with Crippen molar-refractivity contribution in [3.63, 3.8) is 0 Å². The number of rotatable bonds is 5. The van der Waals surface area contributed by atoms with Crippen LogP contribution in [0.1, 0.15) is 27.7 Å². The van der Waals surface area contributed by atoms with E-state index in [1.54, 1.807) is 52.0 Å². The minimum Gasteiger partial charge on any atom is -0.507 e. The van der Waals surface area contributed by atoms with Crippen molar-refractivity contribution in [2.24, 2.45) is 11.8 Å². The van der Waals surface area contributed by atoms with Crippen LogP contribution in [0, 0.1) is 11.8 Å². The summed E-state index contributed by atoms with van der Waals surface area (Å²) in [6.45, 7) is 6.84. The summed E-state index contributed by atoms with van der Waals surface area (Å²) in [4.78, 5) is 36.4. The van der Waals surface area contributed by atoms with Crippen molar-refractivity contribution in [2.75, 3.05) is 0 Å². The van der Waals surface area contributed by atoms with Gasteiger partial charge in [0.2, 0.25) is 5.43 Å². The summed E-state index contributed by atoms with van der Waals surface area (Å²) in [6.07, 6.45) is 1.27. The Morgan fingerprint density at radius 1 is 0.900 bits per heavy atom. The molecule has 0 aliphatic heterocycles. The van der Waals surface area contributed by atoms with Crippen molar-refractivity contribution in [1.29, 1.82) is 0 Å². The Bertz CT molecular complexity index is 1150. The zero-order valence-electron chi connectivity index (χ0n) is 17.1. The molecule has 0 unspecified atom stereocenters. The molecule has 2 aromatic carbocycles. The fraction of sp³-hybridized carbons (Fsp3) is 0.261. The highest BCUT2D eigenvalue weighted by Gasteiger charge is 2.17. The molecule has 0 saturated carbocycles. The number of phenolic OH excluding ortho intramolecular Hbond substituents is 1. The molecule has 0 fully saturated rings. The molecule has 3 rings (SSSR count). The quantitative estimate of drug-likeness (QED) is 0.494. The van der Waals surface area contributed by atoms with E-state index in [2.05, 4.69) is 0 Å². The van der Waals surface area contributed by atoms with E-state index >= 15 is 0 Å². The zero-order chi connectivity index (χ0) is 22.0. The van der Waals surface area contributed by atoms with Gasteiger partial charge in [0.1, 0.15) is 34.5 Å². The van der Waals surface area contributed by atoms with E-state index in [9.17, 15) is 19.5 Å². The Morgan fingerprint density at radius 2 is 1.47 bits per heavy atom. The number of benzene rings is 2. The number of ether oxygens (including phenoxy) is 2. The fourth-order valence-electron chi connectivity index (χ4n) is 2.64. The molecule has 0 saturated heterocycles. The first-order valence-corrected chi connectivity index (χ1v) is 9.49. The van der Waals surface area contributed by atoms with Crippen LogP contribution in [0.15, 0.2) is 51.9 Å².